The highest BCUT2D eigenvalue weighted by atomic mass is 16.5. The smallest absolute Gasteiger partial charge is 0.336 e. The van der Waals surface area contributed by atoms with Gasteiger partial charge in [-0.15, -0.1) is 0 Å². The van der Waals surface area contributed by atoms with Gasteiger partial charge in [-0.3, -0.25) is 9.59 Å². The Hall–Kier alpha value is -2.25. The molecule has 0 amide bonds. The van der Waals surface area contributed by atoms with E-state index in [2.05, 4.69) is 4.74 Å². The van der Waals surface area contributed by atoms with Gasteiger partial charge in [0.05, 0.1) is 18.7 Å². The number of nitrogens with two attached hydrogens (primary N) is 2. The lowest BCUT2D eigenvalue weighted by molar-refractivity contribution is -0.142. The van der Waals surface area contributed by atoms with Crippen molar-refractivity contribution in [3.63, 3.8) is 0 Å². The van der Waals surface area contributed by atoms with Gasteiger partial charge in [-0.25, -0.2) is 4.79 Å². The molecule has 1 aromatic rings. The van der Waals surface area contributed by atoms with Crippen molar-refractivity contribution >= 4 is 17.7 Å². The number of hydrogen-bond donors (Lipinski definition) is 3. The first-order valence-electron chi connectivity index (χ1n) is 6.34. The van der Waals surface area contributed by atoms with Gasteiger partial charge in [0.25, 0.3) is 0 Å². The van der Waals surface area contributed by atoms with Crippen LogP contribution in [0.2, 0.25) is 0 Å². The van der Waals surface area contributed by atoms with Gasteiger partial charge < -0.3 is 21.3 Å². The van der Waals surface area contributed by atoms with Crippen molar-refractivity contribution in [1.82, 2.24) is 0 Å². The number of aromatic carboxylic acids is 1. The van der Waals surface area contributed by atoms with Crippen molar-refractivity contribution in [2.24, 2.45) is 11.5 Å². The van der Waals surface area contributed by atoms with Crippen molar-refractivity contribution in [2.45, 2.75) is 24.9 Å². The minimum absolute atomic E-state index is 0.0455. The fraction of sp³-hybridized carbons (Fsp3) is 0.357. The van der Waals surface area contributed by atoms with E-state index >= 15 is 0 Å². The fourth-order valence-electron chi connectivity index (χ4n) is 1.84. The summed E-state index contributed by atoms with van der Waals surface area (Å²) in [6.45, 7) is 0. The van der Waals surface area contributed by atoms with Gasteiger partial charge in [-0.1, -0.05) is 18.2 Å². The van der Waals surface area contributed by atoms with Gasteiger partial charge in [0.15, 0.2) is 5.78 Å². The van der Waals surface area contributed by atoms with Crippen molar-refractivity contribution in [2.75, 3.05) is 7.11 Å². The van der Waals surface area contributed by atoms with E-state index in [-0.39, 0.29) is 24.0 Å². The van der Waals surface area contributed by atoms with Crippen LogP contribution in [-0.2, 0) is 9.53 Å². The molecule has 1 aromatic carbocycles. The van der Waals surface area contributed by atoms with E-state index in [1.54, 1.807) is 6.07 Å². The summed E-state index contributed by atoms with van der Waals surface area (Å²) >= 11 is 0. The van der Waals surface area contributed by atoms with E-state index in [1.165, 1.54) is 25.3 Å². The third kappa shape index (κ3) is 4.37. The second-order valence-electron chi connectivity index (χ2n) is 4.53. The number of methoxy groups -OCH3 is 1. The van der Waals surface area contributed by atoms with Gasteiger partial charge in [0.1, 0.15) is 6.04 Å². The number of ether oxygens (including phenoxy) is 1. The Morgan fingerprint density at radius 2 is 1.62 bits per heavy atom. The maximum absolute atomic E-state index is 12.2. The molecule has 0 heterocycles. The molecule has 0 aliphatic rings. The molecule has 0 radical (unpaired) electrons. The number of carbonyl (C=O) groups is 3. The van der Waals surface area contributed by atoms with E-state index in [4.69, 9.17) is 16.6 Å². The number of carboxylic acid groups (broad SMARTS) is 1. The summed E-state index contributed by atoms with van der Waals surface area (Å²) in [7, 11) is 1.22. The van der Waals surface area contributed by atoms with Crippen LogP contribution < -0.4 is 11.5 Å². The maximum atomic E-state index is 12.2. The highest BCUT2D eigenvalue weighted by Crippen LogP contribution is 2.13. The molecule has 7 heteroatoms. The number of carbonyl (C=O) groups excluding carboxylic acids is 2. The molecule has 0 spiro atoms. The summed E-state index contributed by atoms with van der Waals surface area (Å²) in [5.74, 6) is -2.27. The molecule has 0 aliphatic heterocycles. The Balaban J connectivity index is 2.75. The Labute approximate surface area is 121 Å². The van der Waals surface area contributed by atoms with Gasteiger partial charge in [-0.05, 0) is 18.9 Å². The predicted octanol–water partition coefficient (Wildman–Crippen LogP) is 0.175. The first-order valence-corrected chi connectivity index (χ1v) is 6.34. The first-order chi connectivity index (χ1) is 9.88. The average molecular weight is 294 g/mol. The molecule has 5 N–H and O–H groups in total. The number of Topliss-reactive ketones (excluding diaryl/α,β-unsaturated/α-hetero) is 1. The van der Waals surface area contributed by atoms with Crippen LogP contribution in [-0.4, -0.2) is 42.0 Å². The third-order valence-electron chi connectivity index (χ3n) is 3.05. The van der Waals surface area contributed by atoms with Crippen LogP contribution in [0.5, 0.6) is 0 Å². The summed E-state index contributed by atoms with van der Waals surface area (Å²) in [5, 5.41) is 9.04. The summed E-state index contributed by atoms with van der Waals surface area (Å²) in [6.07, 6.45) is 0.331. The van der Waals surface area contributed by atoms with Crippen molar-refractivity contribution in [3.05, 3.63) is 35.4 Å². The molecule has 0 aliphatic carbocycles. The summed E-state index contributed by atoms with van der Waals surface area (Å²) in [5.41, 5.74) is 11.3. The zero-order valence-electron chi connectivity index (χ0n) is 11.6. The van der Waals surface area contributed by atoms with Gasteiger partial charge in [-0.2, -0.15) is 0 Å². The third-order valence-corrected chi connectivity index (χ3v) is 3.05. The molecule has 1 unspecified atom stereocenters. The molecule has 7 nitrogen and oxygen atoms in total. The summed E-state index contributed by atoms with van der Waals surface area (Å²) in [4.78, 5) is 34.4. The van der Waals surface area contributed by atoms with E-state index in [9.17, 15) is 14.4 Å². The lowest BCUT2D eigenvalue weighted by Gasteiger charge is -2.14. The van der Waals surface area contributed by atoms with Gasteiger partial charge >= 0.3 is 11.9 Å². The number of ketones is 1. The van der Waals surface area contributed by atoms with Crippen molar-refractivity contribution < 1.29 is 24.2 Å². The number of hydrogen-bond acceptors (Lipinski definition) is 6. The molecule has 2 atom stereocenters. The Kier molecular flexibility index (Phi) is 6.01. The van der Waals surface area contributed by atoms with E-state index in [0.29, 0.717) is 0 Å². The van der Waals surface area contributed by atoms with Gasteiger partial charge in [0.2, 0.25) is 0 Å². The zero-order chi connectivity index (χ0) is 16.0. The largest absolute Gasteiger partial charge is 0.478 e. The van der Waals surface area contributed by atoms with Crippen LogP contribution in [0.25, 0.3) is 0 Å². The average Bonchev–Trinajstić information content (AvgIpc) is 2.50. The normalized spacial score (nSPS) is 13.3. The zero-order valence-corrected chi connectivity index (χ0v) is 11.6. The Morgan fingerprint density at radius 3 is 2.14 bits per heavy atom. The monoisotopic (exact) mass is 294 g/mol. The topological polar surface area (TPSA) is 133 Å². The maximum Gasteiger partial charge on any atom is 0.336 e. The van der Waals surface area contributed by atoms with E-state index in [0.717, 1.165) is 0 Å². The number of carboxylic acids is 1. The lowest BCUT2D eigenvalue weighted by atomic mass is 9.95. The molecule has 0 saturated carbocycles. The van der Waals surface area contributed by atoms with Crippen LogP contribution >= 0.6 is 0 Å². The fourth-order valence-corrected chi connectivity index (χ4v) is 1.84. The number of benzene rings is 1. The summed E-state index contributed by atoms with van der Waals surface area (Å²) in [6, 6.07) is 4.05. The summed E-state index contributed by atoms with van der Waals surface area (Å²) < 4.78 is 4.47. The van der Waals surface area contributed by atoms with Crippen LogP contribution in [0.4, 0.5) is 0 Å². The SMILES string of the molecule is COC(=O)[C@@H](N)CCC(N)C(=O)c1ccccc1C(=O)O. The van der Waals surface area contributed by atoms with Gasteiger partial charge in [0, 0.05) is 5.56 Å². The second-order valence-corrected chi connectivity index (χ2v) is 4.53. The molecule has 0 bridgehead atoms. The standard InChI is InChI=1S/C14H18N2O5/c1-21-14(20)11(16)7-6-10(15)12(17)8-4-2-3-5-9(8)13(18)19/h2-5,10-11H,6-7,15-16H2,1H3,(H,18,19)/t10?,11-/m0/s1. The highest BCUT2D eigenvalue weighted by Gasteiger charge is 2.23. The number of esters is 1. The molecule has 0 fully saturated rings. The molecule has 1 rings (SSSR count). The van der Waals surface area contributed by atoms with Crippen LogP contribution in [0, 0.1) is 0 Å². The number of rotatable bonds is 7. The van der Waals surface area contributed by atoms with Crippen LogP contribution in [0.3, 0.4) is 0 Å². The van der Waals surface area contributed by atoms with E-state index in [1.807, 2.05) is 0 Å². The van der Waals surface area contributed by atoms with Crippen molar-refractivity contribution in [3.8, 4) is 0 Å². The molecular weight excluding hydrogens is 276 g/mol. The molecule has 0 aromatic heterocycles. The predicted molar refractivity (Wildman–Crippen MR) is 74.9 cm³/mol. The molecule has 114 valence electrons. The van der Waals surface area contributed by atoms with Crippen LogP contribution in [0.1, 0.15) is 33.6 Å². The highest BCUT2D eigenvalue weighted by molar-refractivity contribution is 6.08. The van der Waals surface area contributed by atoms with E-state index < -0.39 is 29.8 Å². The Morgan fingerprint density at radius 1 is 1.10 bits per heavy atom. The second kappa shape index (κ2) is 7.51. The van der Waals surface area contributed by atoms with Crippen LogP contribution in [0.15, 0.2) is 24.3 Å². The molecule has 21 heavy (non-hydrogen) atoms. The van der Waals surface area contributed by atoms with Crippen molar-refractivity contribution in [1.29, 1.82) is 0 Å². The quantitative estimate of drug-likeness (QED) is 0.482. The molecular formula is C14H18N2O5. The Bertz CT molecular complexity index is 544. The lowest BCUT2D eigenvalue weighted by Crippen LogP contribution is -2.37. The minimum Gasteiger partial charge on any atom is -0.478 e. The molecule has 0 saturated heterocycles. The first kappa shape index (κ1) is 16.8. The minimum atomic E-state index is -1.20.